The van der Waals surface area contributed by atoms with Crippen molar-refractivity contribution < 1.29 is 9.21 Å². The highest BCUT2D eigenvalue weighted by Crippen LogP contribution is 2.22. The molecule has 0 aliphatic heterocycles. The summed E-state index contributed by atoms with van der Waals surface area (Å²) in [7, 11) is 0. The summed E-state index contributed by atoms with van der Waals surface area (Å²) in [5.41, 5.74) is 2.92. The lowest BCUT2D eigenvalue weighted by Crippen LogP contribution is -2.22. The number of aryl methyl sites for hydroxylation is 1. The largest absolute Gasteiger partial charge is 0.441 e. The van der Waals surface area contributed by atoms with E-state index >= 15 is 0 Å². The zero-order valence-corrected chi connectivity index (χ0v) is 16.6. The van der Waals surface area contributed by atoms with E-state index in [1.807, 2.05) is 47.8 Å². The molecule has 0 bridgehead atoms. The molecule has 0 fully saturated rings. The maximum atomic E-state index is 12.1. The fourth-order valence-corrected chi connectivity index (χ4v) is 3.61. The van der Waals surface area contributed by atoms with Gasteiger partial charge >= 0.3 is 0 Å². The van der Waals surface area contributed by atoms with Gasteiger partial charge in [0.25, 0.3) is 0 Å². The standard InChI is InChI=1S/C22H20N4O2S/c27-20(24-14-22-26-18(15-29-22)16-9-11-23-12-10-16)7-4-8-21-25-13-19(28-21)17-5-2-1-3-6-17/h1-3,5-6,9-13,15H,4,7-8,14H2,(H,24,27). The van der Waals surface area contributed by atoms with Crippen molar-refractivity contribution in [1.29, 1.82) is 0 Å². The molecular weight excluding hydrogens is 384 g/mol. The lowest BCUT2D eigenvalue weighted by molar-refractivity contribution is -0.121. The zero-order valence-electron chi connectivity index (χ0n) is 15.7. The quantitative estimate of drug-likeness (QED) is 0.468. The van der Waals surface area contributed by atoms with Gasteiger partial charge in [-0.1, -0.05) is 30.3 Å². The maximum Gasteiger partial charge on any atom is 0.220 e. The summed E-state index contributed by atoms with van der Waals surface area (Å²) >= 11 is 1.54. The molecule has 0 atom stereocenters. The Kier molecular flexibility index (Phi) is 6.07. The van der Waals surface area contributed by atoms with E-state index in [-0.39, 0.29) is 5.91 Å². The molecule has 1 amide bonds. The van der Waals surface area contributed by atoms with Gasteiger partial charge < -0.3 is 9.73 Å². The summed E-state index contributed by atoms with van der Waals surface area (Å²) in [6.45, 7) is 0.436. The smallest absolute Gasteiger partial charge is 0.220 e. The number of carbonyl (C=O) groups is 1. The van der Waals surface area contributed by atoms with Gasteiger partial charge in [0.1, 0.15) is 5.01 Å². The average molecular weight is 404 g/mol. The molecule has 3 heterocycles. The molecular formula is C22H20N4O2S. The highest BCUT2D eigenvalue weighted by molar-refractivity contribution is 7.09. The van der Waals surface area contributed by atoms with Crippen LogP contribution in [0.15, 0.2) is 70.9 Å². The predicted molar refractivity (Wildman–Crippen MR) is 112 cm³/mol. The Morgan fingerprint density at radius 2 is 1.90 bits per heavy atom. The summed E-state index contributed by atoms with van der Waals surface area (Å²) in [4.78, 5) is 25.0. The molecule has 4 aromatic rings. The van der Waals surface area contributed by atoms with E-state index < -0.39 is 0 Å². The van der Waals surface area contributed by atoms with Crippen LogP contribution in [-0.4, -0.2) is 20.9 Å². The van der Waals surface area contributed by atoms with E-state index in [0.717, 1.165) is 27.6 Å². The van der Waals surface area contributed by atoms with E-state index in [4.69, 9.17) is 4.42 Å². The third-order valence-corrected chi connectivity index (χ3v) is 5.22. The third kappa shape index (κ3) is 5.14. The normalized spacial score (nSPS) is 10.8. The van der Waals surface area contributed by atoms with Gasteiger partial charge in [-0.3, -0.25) is 9.78 Å². The minimum Gasteiger partial charge on any atom is -0.441 e. The van der Waals surface area contributed by atoms with Crippen LogP contribution >= 0.6 is 11.3 Å². The Morgan fingerprint density at radius 3 is 2.72 bits per heavy atom. The predicted octanol–water partition coefficient (Wildman–Crippen LogP) is 4.50. The minimum absolute atomic E-state index is 0.000463. The van der Waals surface area contributed by atoms with E-state index in [1.165, 1.54) is 11.3 Å². The minimum atomic E-state index is 0.000463. The van der Waals surface area contributed by atoms with Crippen molar-refractivity contribution in [3.05, 3.63) is 77.3 Å². The highest BCUT2D eigenvalue weighted by atomic mass is 32.1. The van der Waals surface area contributed by atoms with Crippen molar-refractivity contribution in [2.24, 2.45) is 0 Å². The second kappa shape index (κ2) is 9.25. The molecule has 7 heteroatoms. The Balaban J connectivity index is 1.21. The first-order valence-corrected chi connectivity index (χ1v) is 10.3. The number of nitrogens with zero attached hydrogens (tertiary/aromatic N) is 3. The molecule has 0 unspecified atom stereocenters. The Morgan fingerprint density at radius 1 is 1.07 bits per heavy atom. The van der Waals surface area contributed by atoms with E-state index in [1.54, 1.807) is 18.6 Å². The van der Waals surface area contributed by atoms with Crippen molar-refractivity contribution in [3.8, 4) is 22.6 Å². The number of benzene rings is 1. The number of thiazole rings is 1. The second-order valence-corrected chi connectivity index (χ2v) is 7.42. The average Bonchev–Trinajstić information content (AvgIpc) is 3.44. The van der Waals surface area contributed by atoms with Gasteiger partial charge in [-0.2, -0.15) is 0 Å². The van der Waals surface area contributed by atoms with Gasteiger partial charge in [0.15, 0.2) is 11.7 Å². The van der Waals surface area contributed by atoms with Crippen molar-refractivity contribution in [2.45, 2.75) is 25.8 Å². The molecule has 0 spiro atoms. The molecule has 1 aromatic carbocycles. The van der Waals surface area contributed by atoms with Crippen LogP contribution in [0.5, 0.6) is 0 Å². The molecule has 0 saturated carbocycles. The van der Waals surface area contributed by atoms with Crippen LogP contribution in [0, 0.1) is 0 Å². The maximum absolute atomic E-state index is 12.1. The van der Waals surface area contributed by atoms with Gasteiger partial charge in [-0.05, 0) is 18.6 Å². The number of aromatic nitrogens is 3. The van der Waals surface area contributed by atoms with Gasteiger partial charge in [-0.25, -0.2) is 9.97 Å². The molecule has 3 aromatic heterocycles. The number of rotatable bonds is 8. The third-order valence-electron chi connectivity index (χ3n) is 4.37. The Labute approximate surface area is 172 Å². The van der Waals surface area contributed by atoms with Crippen LogP contribution < -0.4 is 5.32 Å². The number of oxazole rings is 1. The Bertz CT molecular complexity index is 1060. The summed E-state index contributed by atoms with van der Waals surface area (Å²) in [5.74, 6) is 1.40. The molecule has 6 nitrogen and oxygen atoms in total. The van der Waals surface area contributed by atoms with E-state index in [0.29, 0.717) is 31.7 Å². The van der Waals surface area contributed by atoms with Gasteiger partial charge in [0.05, 0.1) is 18.4 Å². The van der Waals surface area contributed by atoms with Crippen LogP contribution in [0.3, 0.4) is 0 Å². The molecule has 146 valence electrons. The van der Waals surface area contributed by atoms with Gasteiger partial charge in [0.2, 0.25) is 5.91 Å². The van der Waals surface area contributed by atoms with Crippen molar-refractivity contribution in [2.75, 3.05) is 0 Å². The summed E-state index contributed by atoms with van der Waals surface area (Å²) in [6.07, 6.45) is 6.95. The zero-order chi connectivity index (χ0) is 19.9. The van der Waals surface area contributed by atoms with Crippen LogP contribution in [0.1, 0.15) is 23.7 Å². The number of pyridine rings is 1. The monoisotopic (exact) mass is 404 g/mol. The summed E-state index contributed by atoms with van der Waals surface area (Å²) in [5, 5.41) is 5.80. The lowest BCUT2D eigenvalue weighted by atomic mass is 10.2. The molecule has 0 aliphatic rings. The SMILES string of the molecule is O=C(CCCc1ncc(-c2ccccc2)o1)NCc1nc(-c2ccncc2)cs1. The van der Waals surface area contributed by atoms with Crippen LogP contribution in [0.25, 0.3) is 22.6 Å². The van der Waals surface area contributed by atoms with Crippen LogP contribution in [0.4, 0.5) is 0 Å². The van der Waals surface area contributed by atoms with Gasteiger partial charge in [0, 0.05) is 41.7 Å². The van der Waals surface area contributed by atoms with E-state index in [2.05, 4.69) is 20.3 Å². The number of hydrogen-bond donors (Lipinski definition) is 1. The first kappa shape index (κ1) is 19.0. The first-order chi connectivity index (χ1) is 14.3. The van der Waals surface area contributed by atoms with Crippen molar-refractivity contribution in [3.63, 3.8) is 0 Å². The molecule has 29 heavy (non-hydrogen) atoms. The molecule has 0 saturated heterocycles. The van der Waals surface area contributed by atoms with E-state index in [9.17, 15) is 4.79 Å². The molecule has 0 aliphatic carbocycles. The Hall–Kier alpha value is -3.32. The number of hydrogen-bond acceptors (Lipinski definition) is 6. The van der Waals surface area contributed by atoms with Crippen molar-refractivity contribution >= 4 is 17.2 Å². The fourth-order valence-electron chi connectivity index (χ4n) is 2.87. The fraction of sp³-hybridized carbons (Fsp3) is 0.182. The molecule has 1 N–H and O–H groups in total. The number of carbonyl (C=O) groups excluding carboxylic acids is 1. The highest BCUT2D eigenvalue weighted by Gasteiger charge is 2.09. The first-order valence-electron chi connectivity index (χ1n) is 9.39. The lowest BCUT2D eigenvalue weighted by Gasteiger charge is -2.02. The topological polar surface area (TPSA) is 80.9 Å². The van der Waals surface area contributed by atoms with Crippen molar-refractivity contribution in [1.82, 2.24) is 20.3 Å². The molecule has 4 rings (SSSR count). The molecule has 0 radical (unpaired) electrons. The van der Waals surface area contributed by atoms with Gasteiger partial charge in [-0.15, -0.1) is 11.3 Å². The summed E-state index contributed by atoms with van der Waals surface area (Å²) in [6, 6.07) is 13.7. The van der Waals surface area contributed by atoms with Crippen LogP contribution in [-0.2, 0) is 17.8 Å². The summed E-state index contributed by atoms with van der Waals surface area (Å²) < 4.78 is 5.77. The second-order valence-electron chi connectivity index (χ2n) is 6.48. The number of amides is 1. The number of nitrogens with one attached hydrogen (secondary N) is 1. The van der Waals surface area contributed by atoms with Crippen LogP contribution in [0.2, 0.25) is 0 Å².